The fourth-order valence-electron chi connectivity index (χ4n) is 2.43. The van der Waals surface area contributed by atoms with Gasteiger partial charge in [0.05, 0.1) is 5.02 Å². The van der Waals surface area contributed by atoms with Crippen molar-refractivity contribution < 1.29 is 19.0 Å². The molecule has 1 atom stereocenters. The first-order chi connectivity index (χ1) is 12.9. The maximum Gasteiger partial charge on any atom is 0.320 e. The van der Waals surface area contributed by atoms with Crippen LogP contribution in [0.25, 0.3) is 0 Å². The predicted molar refractivity (Wildman–Crippen MR) is 111 cm³/mol. The van der Waals surface area contributed by atoms with E-state index in [0.717, 1.165) is 15.8 Å². The Kier molecular flexibility index (Phi) is 8.89. The van der Waals surface area contributed by atoms with Crippen LogP contribution in [0, 0.1) is 5.82 Å². The summed E-state index contributed by atoms with van der Waals surface area (Å²) in [5, 5.41) is 12.7. The largest absolute Gasteiger partial charge is 0.488 e. The number of carbonyl (C=O) groups is 1. The van der Waals surface area contributed by atoms with Crippen LogP contribution in [-0.2, 0) is 17.9 Å². The van der Waals surface area contributed by atoms with E-state index in [4.69, 9.17) is 16.3 Å². The van der Waals surface area contributed by atoms with E-state index in [-0.39, 0.29) is 12.2 Å². The van der Waals surface area contributed by atoms with Crippen LogP contribution in [0.15, 0.2) is 40.9 Å². The summed E-state index contributed by atoms with van der Waals surface area (Å²) in [7, 11) is 0. The lowest BCUT2D eigenvalue weighted by atomic mass is 10.1. The van der Waals surface area contributed by atoms with Crippen molar-refractivity contribution >= 4 is 45.3 Å². The Morgan fingerprint density at radius 1 is 1.41 bits per heavy atom. The molecule has 0 aliphatic carbocycles. The van der Waals surface area contributed by atoms with Crippen molar-refractivity contribution in [2.45, 2.75) is 25.6 Å². The fraction of sp³-hybridized carbons (Fsp3) is 0.316. The minimum atomic E-state index is -0.889. The Balaban J connectivity index is 2.11. The summed E-state index contributed by atoms with van der Waals surface area (Å²) < 4.78 is 20.5. The Morgan fingerprint density at radius 2 is 2.19 bits per heavy atom. The molecular formula is C19H20BrClFNO3S. The van der Waals surface area contributed by atoms with E-state index in [0.29, 0.717) is 23.7 Å². The van der Waals surface area contributed by atoms with Crippen molar-refractivity contribution in [3.8, 4) is 5.75 Å². The van der Waals surface area contributed by atoms with Gasteiger partial charge in [0.2, 0.25) is 0 Å². The normalized spacial score (nSPS) is 12.0. The van der Waals surface area contributed by atoms with Crippen LogP contribution in [0.3, 0.4) is 0 Å². The molecule has 0 saturated carbocycles. The van der Waals surface area contributed by atoms with Gasteiger partial charge in [0.25, 0.3) is 0 Å². The molecule has 0 aromatic heterocycles. The number of carboxylic acids is 1. The van der Waals surface area contributed by atoms with Crippen LogP contribution in [0.1, 0.15) is 17.5 Å². The first-order valence-corrected chi connectivity index (χ1v) is 10.8. The van der Waals surface area contributed by atoms with Crippen molar-refractivity contribution in [2.75, 3.05) is 12.0 Å². The number of ether oxygens (including phenoxy) is 1. The zero-order valence-corrected chi connectivity index (χ0v) is 17.8. The third-order valence-electron chi connectivity index (χ3n) is 3.90. The number of aliphatic carboxylic acids is 1. The summed E-state index contributed by atoms with van der Waals surface area (Å²) in [6.45, 7) is 0.292. The molecule has 0 radical (unpaired) electrons. The molecule has 1 unspecified atom stereocenters. The molecule has 0 amide bonds. The van der Waals surface area contributed by atoms with Crippen molar-refractivity contribution in [1.82, 2.24) is 5.32 Å². The second-order valence-corrected chi connectivity index (χ2v) is 8.10. The molecule has 0 heterocycles. The highest BCUT2D eigenvalue weighted by Gasteiger charge is 2.17. The molecule has 4 nitrogen and oxygen atoms in total. The van der Waals surface area contributed by atoms with E-state index >= 15 is 0 Å². The first kappa shape index (κ1) is 22.0. The molecule has 0 bridgehead atoms. The predicted octanol–water partition coefficient (Wildman–Crippen LogP) is 5.12. The van der Waals surface area contributed by atoms with E-state index in [9.17, 15) is 14.3 Å². The Labute approximate surface area is 175 Å². The minimum absolute atomic E-state index is 0.0189. The van der Waals surface area contributed by atoms with Gasteiger partial charge in [-0.1, -0.05) is 33.6 Å². The van der Waals surface area contributed by atoms with Crippen LogP contribution in [-0.4, -0.2) is 29.1 Å². The van der Waals surface area contributed by atoms with Crippen LogP contribution < -0.4 is 10.1 Å². The van der Waals surface area contributed by atoms with Crippen molar-refractivity contribution in [2.24, 2.45) is 0 Å². The molecule has 146 valence electrons. The van der Waals surface area contributed by atoms with Gasteiger partial charge in [0, 0.05) is 22.1 Å². The van der Waals surface area contributed by atoms with E-state index in [1.165, 1.54) is 12.1 Å². The van der Waals surface area contributed by atoms with Gasteiger partial charge >= 0.3 is 5.97 Å². The van der Waals surface area contributed by atoms with Gasteiger partial charge in [0.1, 0.15) is 24.2 Å². The number of rotatable bonds is 10. The van der Waals surface area contributed by atoms with E-state index in [1.54, 1.807) is 23.9 Å². The summed E-state index contributed by atoms with van der Waals surface area (Å²) in [5.41, 5.74) is 1.05. The Bertz CT molecular complexity index is 773. The van der Waals surface area contributed by atoms with Gasteiger partial charge < -0.3 is 15.2 Å². The van der Waals surface area contributed by atoms with Crippen molar-refractivity contribution in [1.29, 1.82) is 0 Å². The number of benzene rings is 2. The highest BCUT2D eigenvalue weighted by Crippen LogP contribution is 2.26. The SMILES string of the molecule is CSCCC(NCc1cc(Br)ccc1OCc1c(F)cccc1Cl)C(=O)O. The minimum Gasteiger partial charge on any atom is -0.488 e. The second-order valence-electron chi connectivity index (χ2n) is 5.79. The molecular weight excluding hydrogens is 457 g/mol. The molecule has 27 heavy (non-hydrogen) atoms. The average molecular weight is 477 g/mol. The number of carboxylic acid groups (broad SMARTS) is 1. The van der Waals surface area contributed by atoms with Crippen LogP contribution in [0.2, 0.25) is 5.02 Å². The first-order valence-electron chi connectivity index (χ1n) is 8.21. The number of nitrogens with one attached hydrogen (secondary N) is 1. The zero-order valence-electron chi connectivity index (χ0n) is 14.7. The van der Waals surface area contributed by atoms with E-state index in [1.807, 2.05) is 18.4 Å². The Morgan fingerprint density at radius 3 is 2.85 bits per heavy atom. The monoisotopic (exact) mass is 475 g/mol. The quantitative estimate of drug-likeness (QED) is 0.499. The van der Waals surface area contributed by atoms with E-state index < -0.39 is 17.8 Å². The third kappa shape index (κ3) is 6.68. The van der Waals surface area contributed by atoms with E-state index in [2.05, 4.69) is 21.2 Å². The fourth-order valence-corrected chi connectivity index (χ4v) is 3.53. The van der Waals surface area contributed by atoms with Gasteiger partial charge in [0.15, 0.2) is 0 Å². The lowest BCUT2D eigenvalue weighted by molar-refractivity contribution is -0.139. The Hall–Kier alpha value is -1.28. The number of hydrogen-bond acceptors (Lipinski definition) is 4. The van der Waals surface area contributed by atoms with Crippen LogP contribution in [0.5, 0.6) is 5.75 Å². The number of halogens is 3. The molecule has 0 spiro atoms. The van der Waals surface area contributed by atoms with Gasteiger partial charge in [-0.25, -0.2) is 4.39 Å². The van der Waals surface area contributed by atoms with Gasteiger partial charge in [-0.15, -0.1) is 0 Å². The smallest absolute Gasteiger partial charge is 0.320 e. The van der Waals surface area contributed by atoms with Crippen molar-refractivity contribution in [3.05, 3.63) is 62.8 Å². The number of hydrogen-bond donors (Lipinski definition) is 2. The maximum atomic E-state index is 13.9. The zero-order chi connectivity index (χ0) is 19.8. The van der Waals surface area contributed by atoms with Crippen molar-refractivity contribution in [3.63, 3.8) is 0 Å². The standard InChI is InChI=1S/C19H20BrClFNO3S/c1-27-8-7-17(19(24)25)23-10-12-9-13(20)5-6-18(12)26-11-14-15(21)3-2-4-16(14)22/h2-6,9,17,23H,7-8,10-11H2,1H3,(H,24,25). The lowest BCUT2D eigenvalue weighted by Gasteiger charge is -2.17. The average Bonchev–Trinajstić information content (AvgIpc) is 2.62. The van der Waals surface area contributed by atoms with Gasteiger partial charge in [-0.2, -0.15) is 11.8 Å². The number of thioether (sulfide) groups is 1. The molecule has 0 saturated heterocycles. The second kappa shape index (κ2) is 10.9. The third-order valence-corrected chi connectivity index (χ3v) is 5.40. The molecule has 0 fully saturated rings. The molecule has 2 aromatic carbocycles. The lowest BCUT2D eigenvalue weighted by Crippen LogP contribution is -2.36. The maximum absolute atomic E-state index is 13.9. The molecule has 0 aliphatic heterocycles. The van der Waals surface area contributed by atoms with Crippen LogP contribution >= 0.6 is 39.3 Å². The van der Waals surface area contributed by atoms with Gasteiger partial charge in [-0.3, -0.25) is 4.79 Å². The summed E-state index contributed by atoms with van der Waals surface area (Å²) >= 11 is 11.0. The highest BCUT2D eigenvalue weighted by atomic mass is 79.9. The molecule has 8 heteroatoms. The summed E-state index contributed by atoms with van der Waals surface area (Å²) in [4.78, 5) is 11.4. The summed E-state index contributed by atoms with van der Waals surface area (Å²) in [6, 6.07) is 9.24. The van der Waals surface area contributed by atoms with Crippen LogP contribution in [0.4, 0.5) is 4.39 Å². The molecule has 2 rings (SSSR count). The van der Waals surface area contributed by atoms with Gasteiger partial charge in [-0.05, 0) is 48.8 Å². The molecule has 2 N–H and O–H groups in total. The summed E-state index contributed by atoms with van der Waals surface area (Å²) in [5.74, 6) is -0.0293. The topological polar surface area (TPSA) is 58.6 Å². The highest BCUT2D eigenvalue weighted by molar-refractivity contribution is 9.10. The molecule has 2 aromatic rings. The molecule has 0 aliphatic rings. The summed E-state index contributed by atoms with van der Waals surface area (Å²) in [6.07, 6.45) is 2.46.